The van der Waals surface area contributed by atoms with Crippen molar-refractivity contribution in [2.45, 2.75) is 0 Å². The summed E-state index contributed by atoms with van der Waals surface area (Å²) in [5.74, 6) is -1.87. The number of carbonyl (C=O) groups excluding carboxylic acids is 1. The van der Waals surface area contributed by atoms with E-state index < -0.39 is 17.5 Å². The van der Waals surface area contributed by atoms with Gasteiger partial charge in [0.25, 0.3) is 5.91 Å². The molecule has 128 valence electrons. The van der Waals surface area contributed by atoms with Crippen LogP contribution < -0.4 is 5.32 Å². The summed E-state index contributed by atoms with van der Waals surface area (Å²) < 4.78 is 27.6. The molecule has 7 heteroatoms. The van der Waals surface area contributed by atoms with Crippen molar-refractivity contribution in [2.24, 2.45) is 0 Å². The summed E-state index contributed by atoms with van der Waals surface area (Å²) in [6.07, 6.45) is 2.64. The number of anilines is 1. The van der Waals surface area contributed by atoms with Crippen LogP contribution in [0.2, 0.25) is 0 Å². The topological polar surface area (TPSA) is 81.6 Å². The minimum absolute atomic E-state index is 0.0415. The summed E-state index contributed by atoms with van der Waals surface area (Å²) in [5.41, 5.74) is 0.625. The molecule has 0 saturated heterocycles. The maximum Gasteiger partial charge on any atom is 0.266 e. The molecular weight excluding hydrogens is 338 g/mol. The molecule has 1 amide bonds. The zero-order valence-electron chi connectivity index (χ0n) is 13.3. The first-order valence-electron chi connectivity index (χ1n) is 7.56. The monoisotopic (exact) mass is 350 g/mol. The molecule has 0 bridgehead atoms. The molecule has 0 unspecified atom stereocenters. The summed E-state index contributed by atoms with van der Waals surface area (Å²) in [6, 6.07) is 13.4. The second kappa shape index (κ2) is 7.40. The molecule has 0 fully saturated rings. The van der Waals surface area contributed by atoms with Crippen molar-refractivity contribution in [3.8, 4) is 17.3 Å². The maximum absolute atomic E-state index is 14.0. The highest BCUT2D eigenvalue weighted by atomic mass is 19.1. The van der Waals surface area contributed by atoms with Gasteiger partial charge in [0.1, 0.15) is 23.3 Å². The molecule has 3 rings (SSSR count). The van der Waals surface area contributed by atoms with E-state index in [1.807, 2.05) is 0 Å². The minimum Gasteiger partial charge on any atom is -0.319 e. The molecule has 0 aliphatic heterocycles. The van der Waals surface area contributed by atoms with Crippen LogP contribution >= 0.6 is 0 Å². The van der Waals surface area contributed by atoms with Gasteiger partial charge in [0, 0.05) is 11.1 Å². The number of aromatic amines is 1. The van der Waals surface area contributed by atoms with Gasteiger partial charge in [-0.1, -0.05) is 24.3 Å². The van der Waals surface area contributed by atoms with Gasteiger partial charge in [0.05, 0.1) is 17.6 Å². The van der Waals surface area contributed by atoms with Crippen LogP contribution in [-0.2, 0) is 4.79 Å². The lowest BCUT2D eigenvalue weighted by molar-refractivity contribution is -0.112. The summed E-state index contributed by atoms with van der Waals surface area (Å²) in [6.45, 7) is 0. The van der Waals surface area contributed by atoms with Gasteiger partial charge in [-0.2, -0.15) is 10.4 Å². The van der Waals surface area contributed by atoms with Crippen molar-refractivity contribution < 1.29 is 13.6 Å². The van der Waals surface area contributed by atoms with Crippen LogP contribution in [0, 0.1) is 23.0 Å². The Morgan fingerprint density at radius 2 is 1.81 bits per heavy atom. The number of nitriles is 1. The number of H-pyrrole nitrogens is 1. The smallest absolute Gasteiger partial charge is 0.266 e. The fourth-order valence-electron chi connectivity index (χ4n) is 2.34. The van der Waals surface area contributed by atoms with Crippen LogP contribution in [0.15, 0.2) is 60.3 Å². The molecule has 0 aliphatic rings. The van der Waals surface area contributed by atoms with Crippen LogP contribution in [0.4, 0.5) is 14.5 Å². The first-order chi connectivity index (χ1) is 12.6. The Kier molecular flexibility index (Phi) is 4.85. The summed E-state index contributed by atoms with van der Waals surface area (Å²) >= 11 is 0. The van der Waals surface area contributed by atoms with Gasteiger partial charge in [-0.3, -0.25) is 9.89 Å². The Bertz CT molecular complexity index is 1030. The van der Waals surface area contributed by atoms with Gasteiger partial charge in [-0.15, -0.1) is 0 Å². The van der Waals surface area contributed by atoms with E-state index in [9.17, 15) is 18.8 Å². The Balaban J connectivity index is 1.93. The van der Waals surface area contributed by atoms with Crippen LogP contribution in [0.1, 0.15) is 5.56 Å². The Morgan fingerprint density at radius 1 is 1.12 bits per heavy atom. The van der Waals surface area contributed by atoms with E-state index in [0.29, 0.717) is 11.3 Å². The van der Waals surface area contributed by atoms with Crippen molar-refractivity contribution >= 4 is 17.7 Å². The molecular formula is C19H12F2N4O. The second-order valence-electron chi connectivity index (χ2n) is 5.28. The average Bonchev–Trinajstić information content (AvgIpc) is 3.10. The number of halogens is 2. The first kappa shape index (κ1) is 17.0. The Morgan fingerprint density at radius 3 is 2.50 bits per heavy atom. The highest BCUT2D eigenvalue weighted by Crippen LogP contribution is 2.25. The van der Waals surface area contributed by atoms with Crippen LogP contribution in [0.3, 0.4) is 0 Å². The predicted molar refractivity (Wildman–Crippen MR) is 92.6 cm³/mol. The molecule has 5 nitrogen and oxygen atoms in total. The maximum atomic E-state index is 14.0. The lowest BCUT2D eigenvalue weighted by Gasteiger charge is -2.05. The fraction of sp³-hybridized carbons (Fsp3) is 0. The van der Waals surface area contributed by atoms with E-state index in [-0.39, 0.29) is 16.8 Å². The standard InChI is InChI=1S/C19H12F2N4O/c20-15-6-2-1-5-14(15)18-13(11-23-25-18)9-12(10-22)19(26)24-17-8-4-3-7-16(17)21/h1-9,11H,(H,23,25)(H,24,26)/b12-9+. The number of nitrogens with one attached hydrogen (secondary N) is 2. The van der Waals surface area contributed by atoms with E-state index in [4.69, 9.17) is 0 Å². The molecule has 0 atom stereocenters. The third-order valence-electron chi connectivity index (χ3n) is 3.60. The van der Waals surface area contributed by atoms with Gasteiger partial charge in [-0.25, -0.2) is 8.78 Å². The minimum atomic E-state index is -0.779. The van der Waals surface area contributed by atoms with E-state index >= 15 is 0 Å². The van der Waals surface area contributed by atoms with Crippen molar-refractivity contribution in [3.63, 3.8) is 0 Å². The lowest BCUT2D eigenvalue weighted by atomic mass is 10.1. The summed E-state index contributed by atoms with van der Waals surface area (Å²) in [4.78, 5) is 12.3. The molecule has 26 heavy (non-hydrogen) atoms. The first-order valence-corrected chi connectivity index (χ1v) is 7.56. The second-order valence-corrected chi connectivity index (χ2v) is 5.28. The van der Waals surface area contributed by atoms with Crippen LogP contribution in [-0.4, -0.2) is 16.1 Å². The molecule has 0 aliphatic carbocycles. The van der Waals surface area contributed by atoms with Crippen molar-refractivity contribution in [1.82, 2.24) is 10.2 Å². The SMILES string of the molecule is N#C/C(=C\c1cn[nH]c1-c1ccccc1F)C(=O)Nc1ccccc1F. The zero-order valence-corrected chi connectivity index (χ0v) is 13.3. The van der Waals surface area contributed by atoms with Crippen molar-refractivity contribution in [2.75, 3.05) is 5.32 Å². The highest BCUT2D eigenvalue weighted by Gasteiger charge is 2.15. The Hall–Kier alpha value is -3.79. The number of benzene rings is 2. The molecule has 1 aromatic heterocycles. The molecule has 2 N–H and O–H groups in total. The van der Waals surface area contributed by atoms with Gasteiger partial charge >= 0.3 is 0 Å². The third kappa shape index (κ3) is 3.49. The summed E-state index contributed by atoms with van der Waals surface area (Å²) in [5, 5.41) is 18.1. The van der Waals surface area contributed by atoms with Crippen molar-refractivity contribution in [1.29, 1.82) is 5.26 Å². The van der Waals surface area contributed by atoms with Crippen LogP contribution in [0.25, 0.3) is 17.3 Å². The largest absolute Gasteiger partial charge is 0.319 e. The number of nitrogens with zero attached hydrogens (tertiary/aromatic N) is 2. The number of aromatic nitrogens is 2. The fourth-order valence-corrected chi connectivity index (χ4v) is 2.34. The van der Waals surface area contributed by atoms with Gasteiger partial charge in [-0.05, 0) is 30.3 Å². The van der Waals surface area contributed by atoms with Gasteiger partial charge < -0.3 is 5.32 Å². The van der Waals surface area contributed by atoms with E-state index in [2.05, 4.69) is 15.5 Å². The normalized spacial score (nSPS) is 11.0. The zero-order chi connectivity index (χ0) is 18.5. The number of amides is 1. The quantitative estimate of drug-likeness (QED) is 0.553. The van der Waals surface area contributed by atoms with E-state index in [1.54, 1.807) is 30.3 Å². The molecule has 0 saturated carbocycles. The molecule has 2 aromatic carbocycles. The molecule has 1 heterocycles. The van der Waals surface area contributed by atoms with Gasteiger partial charge in [0.15, 0.2) is 0 Å². The number of para-hydroxylation sites is 1. The molecule has 0 radical (unpaired) electrons. The van der Waals surface area contributed by atoms with E-state index in [1.165, 1.54) is 36.5 Å². The van der Waals surface area contributed by atoms with Crippen molar-refractivity contribution in [3.05, 3.63) is 77.5 Å². The third-order valence-corrected chi connectivity index (χ3v) is 3.60. The highest BCUT2D eigenvalue weighted by molar-refractivity contribution is 6.10. The number of rotatable bonds is 4. The Labute approximate surface area is 147 Å². The van der Waals surface area contributed by atoms with Gasteiger partial charge in [0.2, 0.25) is 0 Å². The summed E-state index contributed by atoms with van der Waals surface area (Å²) in [7, 11) is 0. The number of carbonyl (C=O) groups is 1. The molecule has 0 spiro atoms. The lowest BCUT2D eigenvalue weighted by Crippen LogP contribution is -2.14. The van der Waals surface area contributed by atoms with Crippen LogP contribution in [0.5, 0.6) is 0 Å². The van der Waals surface area contributed by atoms with E-state index in [0.717, 1.165) is 0 Å². The molecule has 3 aromatic rings. The number of hydrogen-bond acceptors (Lipinski definition) is 3. The predicted octanol–water partition coefficient (Wildman–Crippen LogP) is 3.90. The number of hydrogen-bond donors (Lipinski definition) is 2. The average molecular weight is 350 g/mol.